The average molecular weight is 448 g/mol. The van der Waals surface area contributed by atoms with Crippen molar-refractivity contribution in [3.63, 3.8) is 0 Å². The zero-order valence-corrected chi connectivity index (χ0v) is 18.8. The molecule has 0 fully saturated rings. The van der Waals surface area contributed by atoms with E-state index in [2.05, 4.69) is 47.5 Å². The van der Waals surface area contributed by atoms with Crippen LogP contribution in [0.1, 0.15) is 34.0 Å². The Kier molecular flexibility index (Phi) is 5.09. The van der Waals surface area contributed by atoms with Crippen LogP contribution in [0.25, 0.3) is 26.2 Å². The van der Waals surface area contributed by atoms with Crippen LogP contribution < -0.4 is 10.4 Å². The van der Waals surface area contributed by atoms with Crippen molar-refractivity contribution in [1.82, 2.24) is 10.5 Å². The first-order valence-corrected chi connectivity index (χ1v) is 11.7. The number of amides is 1. The first kappa shape index (κ1) is 19.9. The van der Waals surface area contributed by atoms with Crippen LogP contribution in [0.5, 0.6) is 0 Å². The normalized spacial score (nSPS) is 14.8. The summed E-state index contributed by atoms with van der Waals surface area (Å²) >= 11 is 3.46. The monoisotopic (exact) mass is 447 g/mol. The van der Waals surface area contributed by atoms with Gasteiger partial charge in [-0.25, -0.2) is 10.5 Å². The summed E-state index contributed by atoms with van der Waals surface area (Å²) in [6, 6.07) is 14.0. The fourth-order valence-electron chi connectivity index (χ4n) is 4.09. The molecule has 0 unspecified atom stereocenters. The molecular weight excluding hydrogens is 426 g/mol. The van der Waals surface area contributed by atoms with Crippen LogP contribution in [-0.4, -0.2) is 22.6 Å². The van der Waals surface area contributed by atoms with E-state index in [1.807, 2.05) is 19.1 Å². The predicted octanol–water partition coefficient (Wildman–Crippen LogP) is 5.88. The maximum Gasteiger partial charge on any atom is 0.274 e. The molecule has 1 aliphatic heterocycles. The number of hydrogen-bond donors (Lipinski definition) is 2. The maximum atomic E-state index is 11.8. The van der Waals surface area contributed by atoms with E-state index in [-0.39, 0.29) is 0 Å². The Morgan fingerprint density at radius 2 is 2.06 bits per heavy atom. The predicted molar refractivity (Wildman–Crippen MR) is 128 cm³/mol. The molecule has 4 aromatic rings. The van der Waals surface area contributed by atoms with Crippen LogP contribution in [0.2, 0.25) is 0 Å². The SMILES string of the molecule is C/C=C1/CN(c2nc(-c3sc4ccccc4c3C)cs2)Cc2ccc(C(=O)NO)cc21. The van der Waals surface area contributed by atoms with E-state index >= 15 is 0 Å². The van der Waals surface area contributed by atoms with E-state index in [1.54, 1.807) is 34.2 Å². The number of rotatable bonds is 3. The summed E-state index contributed by atoms with van der Waals surface area (Å²) in [5.41, 5.74) is 7.81. The number of nitrogens with zero attached hydrogens (tertiary/aromatic N) is 2. The number of thiophene rings is 1. The van der Waals surface area contributed by atoms with Crippen LogP contribution in [0.15, 0.2) is 53.9 Å². The molecule has 0 bridgehead atoms. The van der Waals surface area contributed by atoms with Gasteiger partial charge >= 0.3 is 0 Å². The van der Waals surface area contributed by atoms with E-state index < -0.39 is 5.91 Å². The van der Waals surface area contributed by atoms with Crippen molar-refractivity contribution in [2.45, 2.75) is 20.4 Å². The summed E-state index contributed by atoms with van der Waals surface area (Å²) in [6.45, 7) is 5.63. The zero-order valence-electron chi connectivity index (χ0n) is 17.2. The number of aryl methyl sites for hydroxylation is 1. The third kappa shape index (κ3) is 3.44. The molecule has 7 heteroatoms. The number of hydroxylamine groups is 1. The van der Waals surface area contributed by atoms with E-state index in [1.165, 1.54) is 20.5 Å². The number of fused-ring (bicyclic) bond motifs is 2. The van der Waals surface area contributed by atoms with Crippen molar-refractivity contribution in [2.75, 3.05) is 11.4 Å². The molecular formula is C24H21N3O2S2. The Morgan fingerprint density at radius 3 is 2.84 bits per heavy atom. The highest BCUT2D eigenvalue weighted by Crippen LogP contribution is 2.40. The number of thiazole rings is 1. The van der Waals surface area contributed by atoms with Crippen molar-refractivity contribution < 1.29 is 10.0 Å². The minimum Gasteiger partial charge on any atom is -0.339 e. The molecule has 0 saturated carbocycles. The summed E-state index contributed by atoms with van der Waals surface area (Å²) in [6.07, 6.45) is 2.08. The lowest BCUT2D eigenvalue weighted by atomic mass is 9.93. The highest BCUT2D eigenvalue weighted by Gasteiger charge is 2.24. The molecule has 0 spiro atoms. The summed E-state index contributed by atoms with van der Waals surface area (Å²) in [5.74, 6) is -0.496. The van der Waals surface area contributed by atoms with Gasteiger partial charge in [-0.3, -0.25) is 10.0 Å². The Morgan fingerprint density at radius 1 is 1.23 bits per heavy atom. The van der Waals surface area contributed by atoms with Crippen molar-refractivity contribution in [3.05, 3.63) is 76.2 Å². The Labute approximate surface area is 188 Å². The summed E-state index contributed by atoms with van der Waals surface area (Å²) in [4.78, 5) is 20.3. The van der Waals surface area contributed by atoms with Crippen molar-refractivity contribution in [2.24, 2.45) is 0 Å². The minimum absolute atomic E-state index is 0.450. The molecule has 0 radical (unpaired) electrons. The molecule has 2 N–H and O–H groups in total. The topological polar surface area (TPSA) is 65.5 Å². The fraction of sp³-hybridized carbons (Fsp3) is 0.167. The lowest BCUT2D eigenvalue weighted by Gasteiger charge is -2.30. The smallest absolute Gasteiger partial charge is 0.274 e. The van der Waals surface area contributed by atoms with E-state index in [4.69, 9.17) is 10.2 Å². The largest absolute Gasteiger partial charge is 0.339 e. The highest BCUT2D eigenvalue weighted by atomic mass is 32.1. The van der Waals surface area contributed by atoms with E-state index in [0.29, 0.717) is 5.56 Å². The van der Waals surface area contributed by atoms with Crippen LogP contribution >= 0.6 is 22.7 Å². The maximum absolute atomic E-state index is 11.8. The van der Waals surface area contributed by atoms with Crippen molar-refractivity contribution >= 4 is 49.4 Å². The molecule has 5 nitrogen and oxygen atoms in total. The molecule has 31 heavy (non-hydrogen) atoms. The minimum atomic E-state index is -0.496. The Bertz CT molecular complexity index is 1340. The fourth-order valence-corrected chi connectivity index (χ4v) is 6.15. The van der Waals surface area contributed by atoms with Gasteiger partial charge in [0, 0.05) is 28.7 Å². The van der Waals surface area contributed by atoms with Gasteiger partial charge in [-0.05, 0) is 59.7 Å². The highest BCUT2D eigenvalue weighted by molar-refractivity contribution is 7.23. The molecule has 1 aliphatic rings. The van der Waals surface area contributed by atoms with E-state index in [9.17, 15) is 4.79 Å². The second-order valence-electron chi connectivity index (χ2n) is 7.55. The van der Waals surface area contributed by atoms with Gasteiger partial charge in [0.15, 0.2) is 5.13 Å². The number of anilines is 1. The molecule has 2 aromatic carbocycles. The quantitative estimate of drug-likeness (QED) is 0.304. The third-order valence-electron chi connectivity index (χ3n) is 5.73. The number of hydrogen-bond acceptors (Lipinski definition) is 6. The van der Waals surface area contributed by atoms with Gasteiger partial charge in [-0.1, -0.05) is 30.3 Å². The molecule has 2 aromatic heterocycles. The van der Waals surface area contributed by atoms with Crippen LogP contribution in [0.4, 0.5) is 5.13 Å². The van der Waals surface area contributed by atoms with Gasteiger partial charge in [0.05, 0.1) is 10.6 Å². The lowest BCUT2D eigenvalue weighted by molar-refractivity contribution is 0.0706. The molecule has 0 saturated heterocycles. The molecule has 3 heterocycles. The Hall–Kier alpha value is -3.00. The molecule has 0 atom stereocenters. The van der Waals surface area contributed by atoms with Crippen molar-refractivity contribution in [3.8, 4) is 10.6 Å². The van der Waals surface area contributed by atoms with Gasteiger partial charge in [0.2, 0.25) is 0 Å². The summed E-state index contributed by atoms with van der Waals surface area (Å²) in [5, 5.41) is 13.4. The number of carbonyl (C=O) groups is 1. The van der Waals surface area contributed by atoms with Gasteiger partial charge in [-0.2, -0.15) is 0 Å². The second-order valence-corrected chi connectivity index (χ2v) is 9.44. The first-order valence-electron chi connectivity index (χ1n) is 10.0. The lowest BCUT2D eigenvalue weighted by Crippen LogP contribution is -2.30. The number of benzene rings is 2. The molecule has 156 valence electrons. The van der Waals surface area contributed by atoms with E-state index in [0.717, 1.165) is 40.6 Å². The number of nitrogens with one attached hydrogen (secondary N) is 1. The second kappa shape index (κ2) is 7.92. The first-order chi connectivity index (χ1) is 15.1. The van der Waals surface area contributed by atoms with Crippen LogP contribution in [0.3, 0.4) is 0 Å². The van der Waals surface area contributed by atoms with Gasteiger partial charge < -0.3 is 4.90 Å². The average Bonchev–Trinajstić information content (AvgIpc) is 3.42. The molecule has 5 rings (SSSR count). The standard InChI is InChI=1S/C24H21N3O2S2/c1-3-15-11-27(12-17-9-8-16(10-19(15)17)23(28)26-29)24-25-20(13-30-24)22-14(2)18-6-4-5-7-21(18)31-22/h3-10,13,29H,11-12H2,1-2H3,(H,26,28)/b15-3-. The molecule has 0 aliphatic carbocycles. The Balaban J connectivity index is 1.48. The third-order valence-corrected chi connectivity index (χ3v) is 7.93. The number of carbonyl (C=O) groups excluding carboxylic acids is 1. The van der Waals surface area contributed by atoms with Gasteiger partial charge in [0.1, 0.15) is 0 Å². The van der Waals surface area contributed by atoms with Gasteiger partial charge in [0.25, 0.3) is 5.91 Å². The summed E-state index contributed by atoms with van der Waals surface area (Å²) in [7, 11) is 0. The van der Waals surface area contributed by atoms with Crippen LogP contribution in [0, 0.1) is 6.92 Å². The molecule has 1 amide bonds. The summed E-state index contributed by atoms with van der Waals surface area (Å²) < 4.78 is 1.29. The number of allylic oxidation sites excluding steroid dienone is 1. The van der Waals surface area contributed by atoms with Gasteiger partial charge in [-0.15, -0.1) is 22.7 Å². The number of aromatic nitrogens is 1. The zero-order chi connectivity index (χ0) is 21.5. The van der Waals surface area contributed by atoms with Crippen LogP contribution in [-0.2, 0) is 6.54 Å². The van der Waals surface area contributed by atoms with Crippen molar-refractivity contribution in [1.29, 1.82) is 0 Å².